The molecule has 1 aliphatic carbocycles. The summed E-state index contributed by atoms with van der Waals surface area (Å²) in [5.74, 6) is 0. The molecule has 0 saturated heterocycles. The van der Waals surface area contributed by atoms with E-state index in [9.17, 15) is 26.7 Å². The maximum absolute atomic E-state index is 12.5. The summed E-state index contributed by atoms with van der Waals surface area (Å²) in [6.45, 7) is 0. The van der Waals surface area contributed by atoms with E-state index in [0.717, 1.165) is 0 Å². The number of rotatable bonds is 1. The number of alkyl halides is 3. The van der Waals surface area contributed by atoms with Gasteiger partial charge >= 0.3 is 5.51 Å². The first-order valence-corrected chi connectivity index (χ1v) is 6.30. The third-order valence-electron chi connectivity index (χ3n) is 2.92. The van der Waals surface area contributed by atoms with Crippen molar-refractivity contribution in [3.8, 4) is 0 Å². The minimum atomic E-state index is -5.63. The molecule has 0 aliphatic heterocycles. The lowest BCUT2D eigenvalue weighted by Gasteiger charge is -2.25. The summed E-state index contributed by atoms with van der Waals surface area (Å²) in [6.07, 6.45) is -0.351. The van der Waals surface area contributed by atoms with E-state index in [2.05, 4.69) is 0 Å². The van der Waals surface area contributed by atoms with Crippen molar-refractivity contribution in [1.29, 1.82) is 0 Å². The second-order valence-electron chi connectivity index (χ2n) is 3.89. The molecule has 1 N–H and O–H groups in total. The second kappa shape index (κ2) is 3.46. The highest BCUT2D eigenvalue weighted by molar-refractivity contribution is 7.93. The molecule has 1 aromatic carbocycles. The predicted octanol–water partition coefficient (Wildman–Crippen LogP) is 1.71. The molecule has 2 rings (SSSR count). The quantitative estimate of drug-likeness (QED) is 0.842. The maximum Gasteiger partial charge on any atom is 0.500 e. The SMILES string of the molecule is O=S(=O)(C(F)(F)F)C1(O)CCc2ccccc21. The van der Waals surface area contributed by atoms with E-state index in [0.29, 0.717) is 5.56 Å². The van der Waals surface area contributed by atoms with Gasteiger partial charge in [0.15, 0.2) is 0 Å². The molecule has 0 spiro atoms. The Morgan fingerprint density at radius 2 is 1.82 bits per heavy atom. The molecule has 1 unspecified atom stereocenters. The third kappa shape index (κ3) is 1.56. The highest BCUT2D eigenvalue weighted by Gasteiger charge is 2.61. The van der Waals surface area contributed by atoms with E-state index in [1.165, 1.54) is 18.2 Å². The van der Waals surface area contributed by atoms with Gasteiger partial charge in [-0.25, -0.2) is 8.42 Å². The Hall–Kier alpha value is -1.08. The van der Waals surface area contributed by atoms with Crippen LogP contribution >= 0.6 is 0 Å². The van der Waals surface area contributed by atoms with Gasteiger partial charge in [-0.3, -0.25) is 0 Å². The number of benzene rings is 1. The fraction of sp³-hybridized carbons (Fsp3) is 0.400. The van der Waals surface area contributed by atoms with Crippen molar-refractivity contribution in [1.82, 2.24) is 0 Å². The highest BCUT2D eigenvalue weighted by Crippen LogP contribution is 2.46. The lowest BCUT2D eigenvalue weighted by molar-refractivity contribution is -0.0534. The van der Waals surface area contributed by atoms with Crippen molar-refractivity contribution in [2.45, 2.75) is 23.3 Å². The molecular formula is C10H9F3O3S. The molecular weight excluding hydrogens is 257 g/mol. The highest BCUT2D eigenvalue weighted by atomic mass is 32.2. The van der Waals surface area contributed by atoms with Gasteiger partial charge in [0.2, 0.25) is 4.93 Å². The number of halogens is 3. The van der Waals surface area contributed by atoms with Crippen LogP contribution in [0.5, 0.6) is 0 Å². The molecule has 0 saturated carbocycles. The standard InChI is InChI=1S/C10H9F3O3S/c11-10(12,13)17(15,16)9(14)6-5-7-3-1-2-4-8(7)9/h1-4,14H,5-6H2. The number of hydrogen-bond acceptors (Lipinski definition) is 3. The van der Waals surface area contributed by atoms with Crippen LogP contribution in [-0.2, 0) is 21.2 Å². The summed E-state index contributed by atoms with van der Waals surface area (Å²) in [7, 11) is -5.63. The zero-order valence-electron chi connectivity index (χ0n) is 8.53. The summed E-state index contributed by atoms with van der Waals surface area (Å²) >= 11 is 0. The Morgan fingerprint density at radius 1 is 1.24 bits per heavy atom. The fourth-order valence-corrected chi connectivity index (χ4v) is 3.27. The minimum absolute atomic E-state index is 0.113. The first kappa shape index (κ1) is 12.4. The molecule has 94 valence electrons. The van der Waals surface area contributed by atoms with Crippen LogP contribution in [0.4, 0.5) is 13.2 Å². The van der Waals surface area contributed by atoms with Crippen LogP contribution in [0.25, 0.3) is 0 Å². The van der Waals surface area contributed by atoms with Crippen LogP contribution in [0.2, 0.25) is 0 Å². The van der Waals surface area contributed by atoms with Gasteiger partial charge in [0.1, 0.15) is 0 Å². The molecule has 0 bridgehead atoms. The van der Waals surface area contributed by atoms with Crippen molar-refractivity contribution in [2.24, 2.45) is 0 Å². The summed E-state index contributed by atoms with van der Waals surface area (Å²) in [4.78, 5) is -2.85. The van der Waals surface area contributed by atoms with Crippen molar-refractivity contribution >= 4 is 9.84 Å². The molecule has 1 atom stereocenters. The Morgan fingerprint density at radius 3 is 2.41 bits per heavy atom. The second-order valence-corrected chi connectivity index (χ2v) is 6.04. The number of aliphatic hydroxyl groups is 1. The van der Waals surface area contributed by atoms with Crippen LogP contribution in [-0.4, -0.2) is 19.0 Å². The van der Waals surface area contributed by atoms with Crippen LogP contribution in [0, 0.1) is 0 Å². The number of fused-ring (bicyclic) bond motifs is 1. The van der Waals surface area contributed by atoms with E-state index >= 15 is 0 Å². The summed E-state index contributed by atoms with van der Waals surface area (Å²) in [6, 6.07) is 5.72. The molecule has 0 aromatic heterocycles. The molecule has 3 nitrogen and oxygen atoms in total. The molecule has 17 heavy (non-hydrogen) atoms. The fourth-order valence-electron chi connectivity index (χ4n) is 2.03. The van der Waals surface area contributed by atoms with E-state index < -0.39 is 26.7 Å². The van der Waals surface area contributed by atoms with Crippen molar-refractivity contribution in [3.05, 3.63) is 35.4 Å². The Kier molecular flexibility index (Phi) is 2.52. The van der Waals surface area contributed by atoms with E-state index in [1.54, 1.807) is 6.07 Å². The van der Waals surface area contributed by atoms with Gasteiger partial charge in [0.05, 0.1) is 0 Å². The predicted molar refractivity (Wildman–Crippen MR) is 53.6 cm³/mol. The normalized spacial score (nSPS) is 24.7. The third-order valence-corrected chi connectivity index (χ3v) is 4.84. The molecule has 0 radical (unpaired) electrons. The Bertz CT molecular complexity index is 550. The van der Waals surface area contributed by atoms with Crippen LogP contribution in [0.15, 0.2) is 24.3 Å². The molecule has 1 aliphatic rings. The van der Waals surface area contributed by atoms with Gasteiger partial charge in [0.25, 0.3) is 9.84 Å². The number of hydrogen-bond donors (Lipinski definition) is 1. The van der Waals surface area contributed by atoms with Crippen molar-refractivity contribution in [3.63, 3.8) is 0 Å². The van der Waals surface area contributed by atoms with Gasteiger partial charge in [0, 0.05) is 5.56 Å². The molecule has 7 heteroatoms. The minimum Gasteiger partial charge on any atom is -0.370 e. The van der Waals surface area contributed by atoms with Crippen molar-refractivity contribution in [2.75, 3.05) is 0 Å². The lowest BCUT2D eigenvalue weighted by Crippen LogP contribution is -2.42. The lowest BCUT2D eigenvalue weighted by atomic mass is 10.1. The van der Waals surface area contributed by atoms with E-state index in [1.807, 2.05) is 0 Å². The van der Waals surface area contributed by atoms with Crippen molar-refractivity contribution < 1.29 is 26.7 Å². The first-order chi connectivity index (χ1) is 7.70. The molecule has 0 fully saturated rings. The van der Waals surface area contributed by atoms with E-state index in [-0.39, 0.29) is 12.0 Å². The van der Waals surface area contributed by atoms with E-state index in [4.69, 9.17) is 0 Å². The molecule has 0 amide bonds. The summed E-state index contributed by atoms with van der Waals surface area (Å²) in [5.41, 5.74) is -5.20. The number of aryl methyl sites for hydroxylation is 1. The van der Waals surface area contributed by atoms with Gasteiger partial charge in [-0.15, -0.1) is 0 Å². The monoisotopic (exact) mass is 266 g/mol. The average molecular weight is 266 g/mol. The Labute approximate surface area is 95.8 Å². The van der Waals surface area contributed by atoms with Crippen LogP contribution in [0.1, 0.15) is 17.5 Å². The zero-order valence-corrected chi connectivity index (χ0v) is 9.35. The van der Waals surface area contributed by atoms with Crippen LogP contribution < -0.4 is 0 Å². The Balaban J connectivity index is 2.62. The number of sulfone groups is 1. The molecule has 0 heterocycles. The van der Waals surface area contributed by atoms with Gasteiger partial charge in [-0.2, -0.15) is 13.2 Å². The largest absolute Gasteiger partial charge is 0.500 e. The molecule has 1 aromatic rings. The van der Waals surface area contributed by atoms with Gasteiger partial charge in [-0.05, 0) is 18.4 Å². The topological polar surface area (TPSA) is 54.4 Å². The first-order valence-electron chi connectivity index (χ1n) is 4.82. The summed E-state index contributed by atoms with van der Waals surface area (Å²) < 4.78 is 60.2. The van der Waals surface area contributed by atoms with Gasteiger partial charge < -0.3 is 5.11 Å². The van der Waals surface area contributed by atoms with Crippen LogP contribution in [0.3, 0.4) is 0 Å². The summed E-state index contributed by atoms with van der Waals surface area (Å²) in [5, 5.41) is 9.90. The maximum atomic E-state index is 12.5. The smallest absolute Gasteiger partial charge is 0.370 e. The average Bonchev–Trinajstić information content (AvgIpc) is 2.57. The van der Waals surface area contributed by atoms with Gasteiger partial charge in [-0.1, -0.05) is 24.3 Å². The zero-order chi connectivity index (χ0) is 12.9.